The summed E-state index contributed by atoms with van der Waals surface area (Å²) in [6.07, 6.45) is 3.65. The van der Waals surface area contributed by atoms with Crippen LogP contribution in [-0.2, 0) is 11.3 Å². The van der Waals surface area contributed by atoms with Gasteiger partial charge in [0.1, 0.15) is 0 Å². The molecule has 1 N–H and O–H groups in total. The molecule has 0 atom stereocenters. The van der Waals surface area contributed by atoms with Crippen LogP contribution < -0.4 is 5.32 Å². The zero-order valence-electron chi connectivity index (χ0n) is 9.03. The van der Waals surface area contributed by atoms with E-state index in [2.05, 4.69) is 11.6 Å². The molecule has 0 spiro atoms. The number of nitrogens with one attached hydrogen (secondary N) is 1. The van der Waals surface area contributed by atoms with Crippen LogP contribution in [0, 0.1) is 0 Å². The molecule has 0 bridgehead atoms. The molecule has 0 saturated carbocycles. The van der Waals surface area contributed by atoms with Gasteiger partial charge in [0.05, 0.1) is 0 Å². The molecule has 0 unspecified atom stereocenters. The molecule has 1 aromatic carbocycles. The van der Waals surface area contributed by atoms with Gasteiger partial charge in [0.25, 0.3) is 0 Å². The lowest BCUT2D eigenvalue weighted by Crippen LogP contribution is -2.22. The fraction of sp³-hybridized carbons (Fsp3) is 0.417. The summed E-state index contributed by atoms with van der Waals surface area (Å²) in [4.78, 5) is 11.4. The number of thioether (sulfide) groups is 1. The van der Waals surface area contributed by atoms with Crippen molar-refractivity contribution >= 4 is 17.7 Å². The zero-order valence-corrected chi connectivity index (χ0v) is 9.85. The second kappa shape index (κ2) is 7.35. The quantitative estimate of drug-likeness (QED) is 0.751. The van der Waals surface area contributed by atoms with E-state index in [9.17, 15) is 4.79 Å². The third kappa shape index (κ3) is 5.47. The van der Waals surface area contributed by atoms with E-state index in [-0.39, 0.29) is 5.91 Å². The number of rotatable bonds is 6. The molecule has 1 amide bonds. The van der Waals surface area contributed by atoms with Crippen LogP contribution in [0.2, 0.25) is 0 Å². The molecule has 15 heavy (non-hydrogen) atoms. The Labute approximate surface area is 95.5 Å². The maximum absolute atomic E-state index is 11.4. The van der Waals surface area contributed by atoms with Crippen molar-refractivity contribution in [1.82, 2.24) is 5.32 Å². The highest BCUT2D eigenvalue weighted by atomic mass is 32.2. The van der Waals surface area contributed by atoms with E-state index < -0.39 is 0 Å². The summed E-state index contributed by atoms with van der Waals surface area (Å²) in [6.45, 7) is 0.638. The molecular weight excluding hydrogens is 206 g/mol. The third-order valence-corrected chi connectivity index (χ3v) is 2.78. The number of carbonyl (C=O) groups is 1. The predicted molar refractivity (Wildman–Crippen MR) is 65.9 cm³/mol. The van der Waals surface area contributed by atoms with Crippen LogP contribution >= 0.6 is 11.8 Å². The lowest BCUT2D eigenvalue weighted by molar-refractivity contribution is -0.121. The second-order valence-electron chi connectivity index (χ2n) is 3.36. The summed E-state index contributed by atoms with van der Waals surface area (Å²) in [6, 6.07) is 9.97. The van der Waals surface area contributed by atoms with Gasteiger partial charge in [0.15, 0.2) is 0 Å². The highest BCUT2D eigenvalue weighted by Crippen LogP contribution is 2.00. The highest BCUT2D eigenvalue weighted by Gasteiger charge is 1.99. The van der Waals surface area contributed by atoms with Crippen LogP contribution in [0.1, 0.15) is 18.4 Å². The Kier molecular flexibility index (Phi) is 5.93. The molecule has 2 nitrogen and oxygen atoms in total. The van der Waals surface area contributed by atoms with Crippen LogP contribution in [0.25, 0.3) is 0 Å². The smallest absolute Gasteiger partial charge is 0.220 e. The molecule has 0 radical (unpaired) electrons. The lowest BCUT2D eigenvalue weighted by Gasteiger charge is -2.04. The van der Waals surface area contributed by atoms with Gasteiger partial charge < -0.3 is 5.32 Å². The first-order valence-electron chi connectivity index (χ1n) is 5.12. The van der Waals surface area contributed by atoms with Gasteiger partial charge in [-0.1, -0.05) is 30.3 Å². The Balaban J connectivity index is 2.17. The Hall–Kier alpha value is -0.960. The number of carbonyl (C=O) groups excluding carboxylic acids is 1. The minimum absolute atomic E-state index is 0.146. The van der Waals surface area contributed by atoms with E-state index in [1.54, 1.807) is 11.8 Å². The molecule has 0 aliphatic carbocycles. The SMILES string of the molecule is CSCCCC(=O)NCc1ccccc1. The summed E-state index contributed by atoms with van der Waals surface area (Å²) in [5, 5.41) is 2.91. The van der Waals surface area contributed by atoms with Crippen molar-refractivity contribution in [2.45, 2.75) is 19.4 Å². The Morgan fingerprint density at radius 2 is 2.07 bits per heavy atom. The van der Waals surface area contributed by atoms with Crippen LogP contribution in [0.4, 0.5) is 0 Å². The summed E-state index contributed by atoms with van der Waals surface area (Å²) in [5.74, 6) is 1.20. The average Bonchev–Trinajstić information content (AvgIpc) is 2.28. The van der Waals surface area contributed by atoms with E-state index >= 15 is 0 Å². The fourth-order valence-corrected chi connectivity index (χ4v) is 1.69. The first-order valence-corrected chi connectivity index (χ1v) is 6.52. The molecule has 3 heteroatoms. The van der Waals surface area contributed by atoms with Crippen molar-refractivity contribution in [3.05, 3.63) is 35.9 Å². The predicted octanol–water partition coefficient (Wildman–Crippen LogP) is 2.45. The fourth-order valence-electron chi connectivity index (χ4n) is 1.26. The minimum atomic E-state index is 0.146. The van der Waals surface area contributed by atoms with Crippen molar-refractivity contribution in [1.29, 1.82) is 0 Å². The van der Waals surface area contributed by atoms with E-state index in [0.717, 1.165) is 17.7 Å². The topological polar surface area (TPSA) is 29.1 Å². The first kappa shape index (κ1) is 12.1. The number of amides is 1. The van der Waals surface area contributed by atoms with Crippen molar-refractivity contribution in [2.24, 2.45) is 0 Å². The molecule has 0 fully saturated rings. The molecule has 0 saturated heterocycles. The number of hydrogen-bond acceptors (Lipinski definition) is 2. The number of hydrogen-bond donors (Lipinski definition) is 1. The van der Waals surface area contributed by atoms with Crippen LogP contribution in [0.5, 0.6) is 0 Å². The van der Waals surface area contributed by atoms with Crippen LogP contribution in [-0.4, -0.2) is 17.9 Å². The third-order valence-electron chi connectivity index (χ3n) is 2.08. The molecular formula is C12H17NOS. The van der Waals surface area contributed by atoms with Gasteiger partial charge in [-0.05, 0) is 24.0 Å². The molecule has 0 aliphatic heterocycles. The van der Waals surface area contributed by atoms with Crippen molar-refractivity contribution in [3.63, 3.8) is 0 Å². The lowest BCUT2D eigenvalue weighted by atomic mass is 10.2. The van der Waals surface area contributed by atoms with Crippen molar-refractivity contribution in [2.75, 3.05) is 12.0 Å². The molecule has 1 aromatic rings. The van der Waals surface area contributed by atoms with Crippen molar-refractivity contribution < 1.29 is 4.79 Å². The van der Waals surface area contributed by atoms with Gasteiger partial charge in [-0.2, -0.15) is 11.8 Å². The Morgan fingerprint density at radius 1 is 1.33 bits per heavy atom. The van der Waals surface area contributed by atoms with Gasteiger partial charge in [-0.25, -0.2) is 0 Å². The molecule has 82 valence electrons. The highest BCUT2D eigenvalue weighted by molar-refractivity contribution is 7.98. The second-order valence-corrected chi connectivity index (χ2v) is 4.34. The maximum atomic E-state index is 11.4. The monoisotopic (exact) mass is 223 g/mol. The van der Waals surface area contributed by atoms with E-state index in [1.807, 2.05) is 30.3 Å². The maximum Gasteiger partial charge on any atom is 0.220 e. The van der Waals surface area contributed by atoms with E-state index in [0.29, 0.717) is 13.0 Å². The summed E-state index contributed by atoms with van der Waals surface area (Å²) >= 11 is 1.78. The molecule has 0 heterocycles. The Bertz CT molecular complexity index is 287. The molecule has 1 rings (SSSR count). The van der Waals surface area contributed by atoms with Crippen LogP contribution in [0.3, 0.4) is 0 Å². The van der Waals surface area contributed by atoms with Gasteiger partial charge in [-0.15, -0.1) is 0 Å². The number of benzene rings is 1. The normalized spacial score (nSPS) is 9.93. The van der Waals surface area contributed by atoms with E-state index in [4.69, 9.17) is 0 Å². The standard InChI is InChI=1S/C12H17NOS/c1-15-9-5-8-12(14)13-10-11-6-3-2-4-7-11/h2-4,6-7H,5,8-10H2,1H3,(H,13,14). The zero-order chi connectivity index (χ0) is 10.9. The van der Waals surface area contributed by atoms with Crippen LogP contribution in [0.15, 0.2) is 30.3 Å². The first-order chi connectivity index (χ1) is 7.33. The van der Waals surface area contributed by atoms with Gasteiger partial charge in [0, 0.05) is 13.0 Å². The van der Waals surface area contributed by atoms with Crippen molar-refractivity contribution in [3.8, 4) is 0 Å². The molecule has 0 aliphatic rings. The largest absolute Gasteiger partial charge is 0.352 e. The van der Waals surface area contributed by atoms with Gasteiger partial charge >= 0.3 is 0 Å². The minimum Gasteiger partial charge on any atom is -0.352 e. The molecule has 0 aromatic heterocycles. The van der Waals surface area contributed by atoms with E-state index in [1.165, 1.54) is 0 Å². The average molecular weight is 223 g/mol. The van der Waals surface area contributed by atoms with Gasteiger partial charge in [-0.3, -0.25) is 4.79 Å². The summed E-state index contributed by atoms with van der Waals surface area (Å²) in [5.41, 5.74) is 1.15. The summed E-state index contributed by atoms with van der Waals surface area (Å²) in [7, 11) is 0. The van der Waals surface area contributed by atoms with Gasteiger partial charge in [0.2, 0.25) is 5.91 Å². The summed E-state index contributed by atoms with van der Waals surface area (Å²) < 4.78 is 0. The Morgan fingerprint density at radius 3 is 2.73 bits per heavy atom.